The summed E-state index contributed by atoms with van der Waals surface area (Å²) in [6.07, 6.45) is 0. The summed E-state index contributed by atoms with van der Waals surface area (Å²) in [4.78, 5) is 0.368. The van der Waals surface area contributed by atoms with E-state index in [1.165, 1.54) is 11.1 Å². The first-order chi connectivity index (χ1) is 10.0. The van der Waals surface area contributed by atoms with Crippen molar-refractivity contribution in [1.82, 2.24) is 0 Å². The summed E-state index contributed by atoms with van der Waals surface area (Å²) in [5.74, 6) is 1.61. The second-order valence-electron chi connectivity index (χ2n) is 4.91. The van der Waals surface area contributed by atoms with E-state index in [1.54, 1.807) is 0 Å². The Balaban J connectivity index is 1.84. The largest absolute Gasteiger partial charge is 0.490 e. The van der Waals surface area contributed by atoms with Crippen LogP contribution in [0.15, 0.2) is 42.5 Å². The zero-order valence-electron chi connectivity index (χ0n) is 12.3. The van der Waals surface area contributed by atoms with Crippen LogP contribution in [0, 0.1) is 13.8 Å². The van der Waals surface area contributed by atoms with Gasteiger partial charge in [-0.3, -0.25) is 0 Å². The number of ether oxygens (including phenoxy) is 2. The monoisotopic (exact) mass is 301 g/mol. The lowest BCUT2D eigenvalue weighted by atomic mass is 10.1. The Morgan fingerprint density at radius 1 is 0.952 bits per heavy atom. The van der Waals surface area contributed by atoms with Gasteiger partial charge < -0.3 is 15.2 Å². The quantitative estimate of drug-likeness (QED) is 0.656. The highest BCUT2D eigenvalue weighted by Gasteiger charge is 2.00. The van der Waals surface area contributed by atoms with E-state index in [9.17, 15) is 0 Å². The summed E-state index contributed by atoms with van der Waals surface area (Å²) in [5.41, 5.74) is 8.78. The molecular formula is C17H19NO2S. The minimum Gasteiger partial charge on any atom is -0.490 e. The van der Waals surface area contributed by atoms with Gasteiger partial charge in [-0.2, -0.15) is 0 Å². The van der Waals surface area contributed by atoms with E-state index in [-0.39, 0.29) is 0 Å². The molecule has 0 aliphatic carbocycles. The van der Waals surface area contributed by atoms with Crippen molar-refractivity contribution in [2.45, 2.75) is 13.8 Å². The van der Waals surface area contributed by atoms with Gasteiger partial charge in [0.2, 0.25) is 0 Å². The number of hydrogen-bond acceptors (Lipinski definition) is 3. The lowest BCUT2D eigenvalue weighted by molar-refractivity contribution is 0.217. The van der Waals surface area contributed by atoms with Gasteiger partial charge in [0.05, 0.1) is 0 Å². The SMILES string of the molecule is Cc1cc(C)cc(OCCOc2cccc(C(N)=S)c2)c1. The van der Waals surface area contributed by atoms with Crippen LogP contribution < -0.4 is 15.2 Å². The summed E-state index contributed by atoms with van der Waals surface area (Å²) in [5, 5.41) is 0. The fourth-order valence-corrected chi connectivity index (χ4v) is 2.20. The lowest BCUT2D eigenvalue weighted by Crippen LogP contribution is -2.11. The number of benzene rings is 2. The third-order valence-electron chi connectivity index (χ3n) is 2.93. The molecule has 0 saturated heterocycles. The molecule has 0 atom stereocenters. The van der Waals surface area contributed by atoms with Crippen LogP contribution in [0.25, 0.3) is 0 Å². The van der Waals surface area contributed by atoms with Crippen molar-refractivity contribution < 1.29 is 9.47 Å². The minimum atomic E-state index is 0.368. The van der Waals surface area contributed by atoms with E-state index in [4.69, 9.17) is 27.4 Å². The second kappa shape index (κ2) is 7.09. The van der Waals surface area contributed by atoms with Crippen molar-refractivity contribution in [1.29, 1.82) is 0 Å². The molecule has 0 unspecified atom stereocenters. The van der Waals surface area contributed by atoms with Crippen molar-refractivity contribution in [3.63, 3.8) is 0 Å². The van der Waals surface area contributed by atoms with Gasteiger partial charge in [0.15, 0.2) is 0 Å². The molecule has 0 bridgehead atoms. The van der Waals surface area contributed by atoms with Crippen molar-refractivity contribution in [3.8, 4) is 11.5 Å². The molecule has 0 aliphatic rings. The molecule has 0 aromatic heterocycles. The molecule has 0 spiro atoms. The third kappa shape index (κ3) is 4.76. The standard InChI is InChI=1S/C17H19NO2S/c1-12-8-13(2)10-16(9-12)20-7-6-19-15-5-3-4-14(11-15)17(18)21/h3-5,8-11H,6-7H2,1-2H3,(H2,18,21). The van der Waals surface area contributed by atoms with Crippen LogP contribution in [0.1, 0.15) is 16.7 Å². The third-order valence-corrected chi connectivity index (χ3v) is 3.17. The fourth-order valence-electron chi connectivity index (χ4n) is 2.07. The molecule has 4 heteroatoms. The highest BCUT2D eigenvalue weighted by molar-refractivity contribution is 7.80. The van der Waals surface area contributed by atoms with E-state index in [1.807, 2.05) is 36.4 Å². The van der Waals surface area contributed by atoms with Gasteiger partial charge >= 0.3 is 0 Å². The molecule has 0 heterocycles. The van der Waals surface area contributed by atoms with Gasteiger partial charge in [-0.1, -0.05) is 30.4 Å². The van der Waals surface area contributed by atoms with Crippen LogP contribution in [0.2, 0.25) is 0 Å². The Morgan fingerprint density at radius 3 is 2.19 bits per heavy atom. The van der Waals surface area contributed by atoms with E-state index in [0.29, 0.717) is 18.2 Å². The first-order valence-electron chi connectivity index (χ1n) is 6.78. The zero-order valence-corrected chi connectivity index (χ0v) is 13.1. The van der Waals surface area contributed by atoms with Crippen molar-refractivity contribution >= 4 is 17.2 Å². The van der Waals surface area contributed by atoms with Gasteiger partial charge in [0.1, 0.15) is 29.7 Å². The second-order valence-corrected chi connectivity index (χ2v) is 5.35. The summed E-state index contributed by atoms with van der Waals surface area (Å²) in [7, 11) is 0. The van der Waals surface area contributed by atoms with Crippen molar-refractivity contribution in [2.75, 3.05) is 13.2 Å². The predicted octanol–water partition coefficient (Wildman–Crippen LogP) is 3.40. The predicted molar refractivity (Wildman–Crippen MR) is 89.2 cm³/mol. The Hall–Kier alpha value is -2.07. The molecule has 0 saturated carbocycles. The van der Waals surface area contributed by atoms with Gasteiger partial charge in [-0.25, -0.2) is 0 Å². The minimum absolute atomic E-state index is 0.368. The molecule has 0 radical (unpaired) electrons. The molecule has 21 heavy (non-hydrogen) atoms. The Bertz CT molecular complexity index is 620. The zero-order chi connectivity index (χ0) is 15.2. The van der Waals surface area contributed by atoms with E-state index >= 15 is 0 Å². The topological polar surface area (TPSA) is 44.5 Å². The van der Waals surface area contributed by atoms with E-state index in [0.717, 1.165) is 17.1 Å². The van der Waals surface area contributed by atoms with E-state index < -0.39 is 0 Å². The molecule has 2 rings (SSSR count). The van der Waals surface area contributed by atoms with Crippen LogP contribution in [-0.4, -0.2) is 18.2 Å². The van der Waals surface area contributed by atoms with Gasteiger partial charge in [-0.15, -0.1) is 0 Å². The van der Waals surface area contributed by atoms with Gasteiger partial charge in [0, 0.05) is 5.56 Å². The Labute approximate surface area is 130 Å². The molecule has 0 aliphatic heterocycles. The summed E-state index contributed by atoms with van der Waals surface area (Å²) in [6.45, 7) is 5.06. The normalized spacial score (nSPS) is 10.2. The summed E-state index contributed by atoms with van der Waals surface area (Å²) < 4.78 is 11.3. The first kappa shape index (κ1) is 15.3. The lowest BCUT2D eigenvalue weighted by Gasteiger charge is -2.10. The Kier molecular flexibility index (Phi) is 5.17. The number of aryl methyl sites for hydroxylation is 2. The molecule has 2 aromatic carbocycles. The highest BCUT2D eigenvalue weighted by Crippen LogP contribution is 2.16. The average molecular weight is 301 g/mol. The molecular weight excluding hydrogens is 282 g/mol. The molecule has 0 fully saturated rings. The average Bonchev–Trinajstić information content (AvgIpc) is 2.43. The molecule has 2 aromatic rings. The number of nitrogens with two attached hydrogens (primary N) is 1. The maximum absolute atomic E-state index is 5.69. The van der Waals surface area contributed by atoms with Crippen molar-refractivity contribution in [2.24, 2.45) is 5.73 Å². The van der Waals surface area contributed by atoms with Crippen LogP contribution in [0.5, 0.6) is 11.5 Å². The highest BCUT2D eigenvalue weighted by atomic mass is 32.1. The van der Waals surface area contributed by atoms with Crippen LogP contribution in [0.3, 0.4) is 0 Å². The van der Waals surface area contributed by atoms with E-state index in [2.05, 4.69) is 19.9 Å². The molecule has 110 valence electrons. The smallest absolute Gasteiger partial charge is 0.122 e. The van der Waals surface area contributed by atoms with Gasteiger partial charge in [0.25, 0.3) is 0 Å². The number of thiocarbonyl (C=S) groups is 1. The maximum Gasteiger partial charge on any atom is 0.122 e. The number of rotatable bonds is 6. The molecule has 3 nitrogen and oxygen atoms in total. The molecule has 2 N–H and O–H groups in total. The van der Waals surface area contributed by atoms with Gasteiger partial charge in [-0.05, 0) is 49.2 Å². The maximum atomic E-state index is 5.69. The van der Waals surface area contributed by atoms with Crippen LogP contribution in [0.4, 0.5) is 0 Å². The summed E-state index contributed by atoms with van der Waals surface area (Å²) in [6, 6.07) is 13.6. The summed E-state index contributed by atoms with van der Waals surface area (Å²) >= 11 is 4.94. The number of hydrogen-bond donors (Lipinski definition) is 1. The first-order valence-corrected chi connectivity index (χ1v) is 7.19. The van der Waals surface area contributed by atoms with Crippen LogP contribution >= 0.6 is 12.2 Å². The molecule has 0 amide bonds. The van der Waals surface area contributed by atoms with Crippen molar-refractivity contribution in [3.05, 3.63) is 59.2 Å². The van der Waals surface area contributed by atoms with Crippen LogP contribution in [-0.2, 0) is 0 Å². The Morgan fingerprint density at radius 2 is 1.57 bits per heavy atom. The fraction of sp³-hybridized carbons (Fsp3) is 0.235.